The van der Waals surface area contributed by atoms with E-state index < -0.39 is 0 Å². The second-order valence-electron chi connectivity index (χ2n) is 6.21. The number of amides is 1. The monoisotopic (exact) mass is 459 g/mol. The Morgan fingerprint density at radius 1 is 1.20 bits per heavy atom. The van der Waals surface area contributed by atoms with Gasteiger partial charge >= 0.3 is 0 Å². The molecular weight excluding hydrogens is 445 g/mol. The van der Waals surface area contributed by atoms with Gasteiger partial charge in [-0.15, -0.1) is 16.4 Å². The first-order valence-corrected chi connectivity index (χ1v) is 11.1. The van der Waals surface area contributed by atoms with Crippen molar-refractivity contribution in [2.24, 2.45) is 0 Å². The summed E-state index contributed by atoms with van der Waals surface area (Å²) in [4.78, 5) is 13.6. The molecule has 30 heavy (non-hydrogen) atoms. The third kappa shape index (κ3) is 4.86. The van der Waals surface area contributed by atoms with Crippen LogP contribution in [0, 0.1) is 5.82 Å². The Bertz CT molecular complexity index is 1130. The highest BCUT2D eigenvalue weighted by Gasteiger charge is 2.19. The quantitative estimate of drug-likeness (QED) is 0.411. The third-order valence-electron chi connectivity index (χ3n) is 4.16. The Morgan fingerprint density at radius 2 is 2.03 bits per heavy atom. The molecule has 1 atom stereocenters. The van der Waals surface area contributed by atoms with Crippen LogP contribution in [-0.4, -0.2) is 31.9 Å². The minimum absolute atomic E-state index is 0.115. The highest BCUT2D eigenvalue weighted by molar-refractivity contribution is 7.99. The van der Waals surface area contributed by atoms with Gasteiger partial charge < -0.3 is 5.32 Å². The van der Waals surface area contributed by atoms with Gasteiger partial charge in [-0.3, -0.25) is 4.79 Å². The highest BCUT2D eigenvalue weighted by atomic mass is 35.5. The molecule has 6 nitrogen and oxygen atoms in total. The molecule has 2 heterocycles. The fraction of sp³-hybridized carbons (Fsp3) is 0.100. The summed E-state index contributed by atoms with van der Waals surface area (Å²) in [7, 11) is 0. The zero-order valence-corrected chi connectivity index (χ0v) is 17.8. The maximum absolute atomic E-state index is 13.3. The summed E-state index contributed by atoms with van der Waals surface area (Å²) < 4.78 is 14.8. The van der Waals surface area contributed by atoms with Crippen LogP contribution in [0.25, 0.3) is 5.69 Å². The Balaban J connectivity index is 1.46. The van der Waals surface area contributed by atoms with Crippen LogP contribution in [-0.2, 0) is 4.79 Å². The van der Waals surface area contributed by atoms with Crippen molar-refractivity contribution in [2.75, 3.05) is 5.75 Å². The van der Waals surface area contributed by atoms with E-state index in [-0.39, 0.29) is 23.5 Å². The molecule has 0 saturated heterocycles. The van der Waals surface area contributed by atoms with Crippen LogP contribution in [0.3, 0.4) is 0 Å². The van der Waals surface area contributed by atoms with Crippen LogP contribution >= 0.6 is 34.7 Å². The zero-order valence-electron chi connectivity index (χ0n) is 15.4. The molecule has 1 amide bonds. The second-order valence-corrected chi connectivity index (χ2v) is 8.57. The van der Waals surface area contributed by atoms with Crippen molar-refractivity contribution in [3.05, 3.63) is 87.3 Å². The molecular formula is C20H15ClFN5OS2. The Morgan fingerprint density at radius 3 is 2.77 bits per heavy atom. The highest BCUT2D eigenvalue weighted by Crippen LogP contribution is 2.27. The summed E-state index contributed by atoms with van der Waals surface area (Å²) >= 11 is 8.78. The number of halogens is 2. The number of aromatic nitrogens is 4. The lowest BCUT2D eigenvalue weighted by molar-refractivity contribution is -0.119. The molecule has 0 radical (unpaired) electrons. The van der Waals surface area contributed by atoms with Crippen molar-refractivity contribution in [1.29, 1.82) is 0 Å². The summed E-state index contributed by atoms with van der Waals surface area (Å²) in [5.74, 6) is -0.397. The van der Waals surface area contributed by atoms with E-state index in [0.29, 0.717) is 15.9 Å². The number of hydrogen-bond donors (Lipinski definition) is 1. The van der Waals surface area contributed by atoms with E-state index >= 15 is 0 Å². The summed E-state index contributed by atoms with van der Waals surface area (Å²) in [6.45, 7) is 0. The van der Waals surface area contributed by atoms with Gasteiger partial charge in [0.05, 0.1) is 17.5 Å². The number of thioether (sulfide) groups is 1. The first-order valence-electron chi connectivity index (χ1n) is 8.85. The molecule has 10 heteroatoms. The third-order valence-corrected chi connectivity index (χ3v) is 6.25. The fourth-order valence-electron chi connectivity index (χ4n) is 2.80. The smallest absolute Gasteiger partial charge is 0.231 e. The van der Waals surface area contributed by atoms with E-state index in [0.717, 1.165) is 10.4 Å². The van der Waals surface area contributed by atoms with Gasteiger partial charge in [0.25, 0.3) is 0 Å². The van der Waals surface area contributed by atoms with Crippen LogP contribution in [0.2, 0.25) is 5.02 Å². The number of carbonyl (C=O) groups excluding carboxylic acids is 1. The largest absolute Gasteiger partial charge is 0.344 e. The number of benzene rings is 2. The van der Waals surface area contributed by atoms with E-state index in [1.165, 1.54) is 39.9 Å². The second kappa shape index (κ2) is 9.38. The lowest BCUT2D eigenvalue weighted by Crippen LogP contribution is -2.30. The fourth-order valence-corrected chi connectivity index (χ4v) is 4.49. The van der Waals surface area contributed by atoms with Gasteiger partial charge in [-0.2, -0.15) is 4.68 Å². The van der Waals surface area contributed by atoms with Crippen LogP contribution in [0.5, 0.6) is 0 Å². The number of tetrazole rings is 1. The van der Waals surface area contributed by atoms with Gasteiger partial charge in [-0.25, -0.2) is 4.39 Å². The lowest BCUT2D eigenvalue weighted by atomic mass is 10.1. The minimum Gasteiger partial charge on any atom is -0.344 e. The van der Waals surface area contributed by atoms with Gasteiger partial charge in [0.2, 0.25) is 11.1 Å². The first-order chi connectivity index (χ1) is 14.6. The number of carbonyl (C=O) groups is 1. The molecule has 0 unspecified atom stereocenters. The van der Waals surface area contributed by atoms with Crippen molar-refractivity contribution in [3.63, 3.8) is 0 Å². The maximum atomic E-state index is 13.3. The van der Waals surface area contributed by atoms with Crippen molar-refractivity contribution in [3.8, 4) is 5.69 Å². The minimum atomic E-state index is -0.359. The normalized spacial score (nSPS) is 11.9. The van der Waals surface area contributed by atoms with Crippen molar-refractivity contribution < 1.29 is 9.18 Å². The van der Waals surface area contributed by atoms with Crippen LogP contribution < -0.4 is 5.32 Å². The molecule has 0 bridgehead atoms. The SMILES string of the molecule is O=C(CSc1nnnn1-c1cccc(Cl)c1)N[C@@H](c1ccc(F)cc1)c1cccs1. The Kier molecular flexibility index (Phi) is 6.41. The van der Waals surface area contributed by atoms with E-state index in [9.17, 15) is 9.18 Å². The van der Waals surface area contributed by atoms with Crippen molar-refractivity contribution in [1.82, 2.24) is 25.5 Å². The Labute approximate surface area is 185 Å². The van der Waals surface area contributed by atoms with Crippen LogP contribution in [0.1, 0.15) is 16.5 Å². The van der Waals surface area contributed by atoms with Gasteiger partial charge in [0, 0.05) is 9.90 Å². The maximum Gasteiger partial charge on any atom is 0.231 e. The zero-order chi connectivity index (χ0) is 20.9. The number of thiophene rings is 1. The number of nitrogens with zero attached hydrogens (tertiary/aromatic N) is 4. The average Bonchev–Trinajstić information content (AvgIpc) is 3.43. The lowest BCUT2D eigenvalue weighted by Gasteiger charge is -2.18. The van der Waals surface area contributed by atoms with Crippen LogP contribution in [0.15, 0.2) is 71.2 Å². The average molecular weight is 460 g/mol. The molecule has 0 aliphatic carbocycles. The summed E-state index contributed by atoms with van der Waals surface area (Å²) in [5.41, 5.74) is 1.51. The molecule has 0 saturated carbocycles. The van der Waals surface area contributed by atoms with Crippen molar-refractivity contribution in [2.45, 2.75) is 11.2 Å². The summed E-state index contributed by atoms with van der Waals surface area (Å²) in [6.07, 6.45) is 0. The molecule has 4 rings (SSSR count). The molecule has 0 spiro atoms. The number of rotatable bonds is 7. The molecule has 0 aliphatic heterocycles. The van der Waals surface area contributed by atoms with E-state index in [4.69, 9.17) is 11.6 Å². The van der Waals surface area contributed by atoms with Crippen LogP contribution in [0.4, 0.5) is 4.39 Å². The van der Waals surface area contributed by atoms with Gasteiger partial charge in [0.15, 0.2) is 0 Å². The summed E-state index contributed by atoms with van der Waals surface area (Å²) in [5, 5.41) is 17.7. The van der Waals surface area contributed by atoms with E-state index in [2.05, 4.69) is 20.8 Å². The molecule has 0 fully saturated rings. The Hall–Kier alpha value is -2.75. The molecule has 2 aromatic heterocycles. The van der Waals surface area contributed by atoms with Gasteiger partial charge in [0.1, 0.15) is 5.82 Å². The molecule has 0 aliphatic rings. The van der Waals surface area contributed by atoms with Crippen molar-refractivity contribution >= 4 is 40.6 Å². The molecule has 2 aromatic carbocycles. The van der Waals surface area contributed by atoms with E-state index in [1.54, 1.807) is 30.3 Å². The van der Waals surface area contributed by atoms with Gasteiger partial charge in [-0.05, 0) is 57.8 Å². The number of nitrogens with one attached hydrogen (secondary N) is 1. The standard InChI is InChI=1S/C20H15ClFN5OS2/c21-14-3-1-4-16(11-14)27-20(24-25-26-27)30-12-18(28)23-19(17-5-2-10-29-17)13-6-8-15(22)9-7-13/h1-11,19H,12H2,(H,23,28)/t19-/m0/s1. The summed E-state index contributed by atoms with van der Waals surface area (Å²) in [6, 6.07) is 16.7. The number of hydrogen-bond acceptors (Lipinski definition) is 6. The molecule has 1 N–H and O–H groups in total. The predicted octanol–water partition coefficient (Wildman–Crippen LogP) is 4.51. The predicted molar refractivity (Wildman–Crippen MR) is 116 cm³/mol. The molecule has 152 valence electrons. The first kappa shape index (κ1) is 20.5. The molecule has 4 aromatic rings. The van der Waals surface area contributed by atoms with Gasteiger partial charge in [-0.1, -0.05) is 47.6 Å². The topological polar surface area (TPSA) is 72.7 Å². The van der Waals surface area contributed by atoms with E-state index in [1.807, 2.05) is 23.6 Å².